The van der Waals surface area contributed by atoms with Crippen LogP contribution in [0.1, 0.15) is 21.5 Å². The van der Waals surface area contributed by atoms with Gasteiger partial charge in [-0.2, -0.15) is 0 Å². The molecule has 2 rings (SSSR count). The predicted octanol–water partition coefficient (Wildman–Crippen LogP) is 1.66. The molecule has 0 radical (unpaired) electrons. The molecule has 0 atom stereocenters. The fraction of sp³-hybridized carbons (Fsp3) is 0.0714. The van der Waals surface area contributed by atoms with Gasteiger partial charge < -0.3 is 16.6 Å². The van der Waals surface area contributed by atoms with Gasteiger partial charge in [0, 0.05) is 17.5 Å². The fourth-order valence-electron chi connectivity index (χ4n) is 1.87. The topological polar surface area (TPSA) is 89.3 Å². The first-order chi connectivity index (χ1) is 8.59. The SMILES string of the molecule is NC(=O)c1ccccc1Cc1cccc(N)c1O. The van der Waals surface area contributed by atoms with Gasteiger partial charge in [0.15, 0.2) is 0 Å². The predicted molar refractivity (Wildman–Crippen MR) is 70.3 cm³/mol. The smallest absolute Gasteiger partial charge is 0.248 e. The molecule has 0 heterocycles. The Morgan fingerprint density at radius 3 is 2.44 bits per heavy atom. The third-order valence-electron chi connectivity index (χ3n) is 2.81. The minimum absolute atomic E-state index is 0.0526. The van der Waals surface area contributed by atoms with Gasteiger partial charge in [0.1, 0.15) is 5.75 Å². The van der Waals surface area contributed by atoms with Gasteiger partial charge in [0.05, 0.1) is 5.69 Å². The van der Waals surface area contributed by atoms with Gasteiger partial charge in [-0.25, -0.2) is 0 Å². The Morgan fingerprint density at radius 2 is 1.72 bits per heavy atom. The molecule has 5 N–H and O–H groups in total. The van der Waals surface area contributed by atoms with Gasteiger partial charge in [-0.3, -0.25) is 4.79 Å². The number of phenols is 1. The number of rotatable bonds is 3. The number of hydrogen-bond acceptors (Lipinski definition) is 3. The van der Waals surface area contributed by atoms with Crippen molar-refractivity contribution in [2.45, 2.75) is 6.42 Å². The van der Waals surface area contributed by atoms with E-state index in [4.69, 9.17) is 11.5 Å². The van der Waals surface area contributed by atoms with E-state index < -0.39 is 5.91 Å². The van der Waals surface area contributed by atoms with Crippen LogP contribution in [0.25, 0.3) is 0 Å². The van der Waals surface area contributed by atoms with Crippen molar-refractivity contribution < 1.29 is 9.90 Å². The van der Waals surface area contributed by atoms with Gasteiger partial charge in [-0.1, -0.05) is 30.3 Å². The van der Waals surface area contributed by atoms with E-state index in [2.05, 4.69) is 0 Å². The number of hydrogen-bond donors (Lipinski definition) is 3. The van der Waals surface area contributed by atoms with Crippen LogP contribution in [0.3, 0.4) is 0 Å². The first-order valence-electron chi connectivity index (χ1n) is 5.53. The summed E-state index contributed by atoms with van der Waals surface area (Å²) in [7, 11) is 0. The van der Waals surface area contributed by atoms with Crippen LogP contribution in [0.4, 0.5) is 5.69 Å². The lowest BCUT2D eigenvalue weighted by Gasteiger charge is -2.09. The fourth-order valence-corrected chi connectivity index (χ4v) is 1.87. The third kappa shape index (κ3) is 2.27. The normalized spacial score (nSPS) is 10.2. The molecule has 92 valence electrons. The first-order valence-corrected chi connectivity index (χ1v) is 5.53. The summed E-state index contributed by atoms with van der Waals surface area (Å²) in [6.45, 7) is 0. The Balaban J connectivity index is 2.40. The Labute approximate surface area is 105 Å². The molecule has 0 spiro atoms. The van der Waals surface area contributed by atoms with Crippen molar-refractivity contribution in [3.05, 3.63) is 59.2 Å². The summed E-state index contributed by atoms with van der Waals surface area (Å²) in [5.74, 6) is -0.425. The van der Waals surface area contributed by atoms with E-state index in [0.717, 1.165) is 5.56 Å². The lowest BCUT2D eigenvalue weighted by atomic mass is 9.98. The maximum Gasteiger partial charge on any atom is 0.248 e. The van der Waals surface area contributed by atoms with E-state index in [1.165, 1.54) is 0 Å². The Kier molecular flexibility index (Phi) is 3.19. The lowest BCUT2D eigenvalue weighted by Crippen LogP contribution is -2.13. The van der Waals surface area contributed by atoms with E-state index in [0.29, 0.717) is 23.2 Å². The van der Waals surface area contributed by atoms with Gasteiger partial charge in [-0.05, 0) is 17.7 Å². The minimum atomic E-state index is -0.478. The number of primary amides is 1. The molecule has 18 heavy (non-hydrogen) atoms. The summed E-state index contributed by atoms with van der Waals surface area (Å²) in [5.41, 5.74) is 13.2. The van der Waals surface area contributed by atoms with E-state index >= 15 is 0 Å². The number of nitrogen functional groups attached to an aromatic ring is 1. The highest BCUT2D eigenvalue weighted by atomic mass is 16.3. The summed E-state index contributed by atoms with van der Waals surface area (Å²) in [6, 6.07) is 12.2. The average molecular weight is 242 g/mol. The van der Waals surface area contributed by atoms with Crippen LogP contribution < -0.4 is 11.5 Å². The molecule has 0 bridgehead atoms. The van der Waals surface area contributed by atoms with Crippen molar-refractivity contribution in [2.75, 3.05) is 5.73 Å². The zero-order chi connectivity index (χ0) is 13.1. The summed E-state index contributed by atoms with van der Waals surface area (Å²) in [4.78, 5) is 11.3. The van der Waals surface area contributed by atoms with Gasteiger partial charge >= 0.3 is 0 Å². The maximum atomic E-state index is 11.3. The van der Waals surface area contributed by atoms with Crippen molar-refractivity contribution in [3.8, 4) is 5.75 Å². The molecule has 2 aromatic carbocycles. The first kappa shape index (κ1) is 12.0. The number of benzene rings is 2. The zero-order valence-electron chi connectivity index (χ0n) is 9.76. The van der Waals surface area contributed by atoms with Crippen molar-refractivity contribution in [1.29, 1.82) is 0 Å². The van der Waals surface area contributed by atoms with Crippen molar-refractivity contribution in [2.24, 2.45) is 5.73 Å². The molecular weight excluding hydrogens is 228 g/mol. The highest BCUT2D eigenvalue weighted by Gasteiger charge is 2.10. The van der Waals surface area contributed by atoms with Crippen molar-refractivity contribution in [1.82, 2.24) is 0 Å². The average Bonchev–Trinajstić information content (AvgIpc) is 2.35. The highest BCUT2D eigenvalue weighted by Crippen LogP contribution is 2.27. The largest absolute Gasteiger partial charge is 0.505 e. The number of aromatic hydroxyl groups is 1. The Bertz CT molecular complexity index is 594. The number of carbonyl (C=O) groups is 1. The molecule has 0 unspecified atom stereocenters. The van der Waals surface area contributed by atoms with Crippen LogP contribution >= 0.6 is 0 Å². The minimum Gasteiger partial charge on any atom is -0.505 e. The summed E-state index contributed by atoms with van der Waals surface area (Å²) >= 11 is 0. The Hall–Kier alpha value is -2.49. The standard InChI is InChI=1S/C14H14N2O2/c15-12-7-3-5-10(13(12)17)8-9-4-1-2-6-11(9)14(16)18/h1-7,17H,8,15H2,(H2,16,18). The molecule has 0 aromatic heterocycles. The van der Waals surface area contributed by atoms with Gasteiger partial charge in [0.2, 0.25) is 5.91 Å². The van der Waals surface area contributed by atoms with E-state index in [-0.39, 0.29) is 5.75 Å². The molecule has 0 fully saturated rings. The molecule has 0 aliphatic heterocycles. The van der Waals surface area contributed by atoms with Gasteiger partial charge in [-0.15, -0.1) is 0 Å². The van der Waals surface area contributed by atoms with Crippen LogP contribution in [-0.2, 0) is 6.42 Å². The maximum absolute atomic E-state index is 11.3. The monoisotopic (exact) mass is 242 g/mol. The number of nitrogens with two attached hydrogens (primary N) is 2. The quantitative estimate of drug-likeness (QED) is 0.565. The van der Waals surface area contributed by atoms with Crippen LogP contribution in [0, 0.1) is 0 Å². The molecule has 0 aliphatic rings. The van der Waals surface area contributed by atoms with Crippen LogP contribution in [0.5, 0.6) is 5.75 Å². The summed E-state index contributed by atoms with van der Waals surface area (Å²) in [5, 5.41) is 9.85. The molecule has 4 nitrogen and oxygen atoms in total. The molecule has 0 aliphatic carbocycles. The number of para-hydroxylation sites is 1. The third-order valence-corrected chi connectivity index (χ3v) is 2.81. The molecule has 1 amide bonds. The van der Waals surface area contributed by atoms with Crippen LogP contribution in [0.2, 0.25) is 0 Å². The summed E-state index contributed by atoms with van der Waals surface area (Å²) in [6.07, 6.45) is 0.413. The second-order valence-electron chi connectivity index (χ2n) is 4.05. The number of phenolic OH excluding ortho intramolecular Hbond substituents is 1. The van der Waals surface area contributed by atoms with Crippen LogP contribution in [0.15, 0.2) is 42.5 Å². The van der Waals surface area contributed by atoms with E-state index in [1.54, 1.807) is 30.3 Å². The number of carbonyl (C=O) groups excluding carboxylic acids is 1. The molecule has 0 saturated heterocycles. The van der Waals surface area contributed by atoms with Crippen molar-refractivity contribution >= 4 is 11.6 Å². The van der Waals surface area contributed by atoms with Crippen LogP contribution in [-0.4, -0.2) is 11.0 Å². The second kappa shape index (κ2) is 4.79. The molecule has 0 saturated carbocycles. The van der Waals surface area contributed by atoms with E-state index in [9.17, 15) is 9.90 Å². The zero-order valence-corrected chi connectivity index (χ0v) is 9.76. The lowest BCUT2D eigenvalue weighted by molar-refractivity contribution is 0.0999. The second-order valence-corrected chi connectivity index (χ2v) is 4.05. The molecular formula is C14H14N2O2. The van der Waals surface area contributed by atoms with Crippen molar-refractivity contribution in [3.63, 3.8) is 0 Å². The van der Waals surface area contributed by atoms with Gasteiger partial charge in [0.25, 0.3) is 0 Å². The molecule has 4 heteroatoms. The Morgan fingerprint density at radius 1 is 1.06 bits per heavy atom. The molecule has 2 aromatic rings. The summed E-state index contributed by atoms with van der Waals surface area (Å²) < 4.78 is 0. The van der Waals surface area contributed by atoms with E-state index in [1.807, 2.05) is 12.1 Å². The number of amides is 1. The highest BCUT2D eigenvalue weighted by molar-refractivity contribution is 5.94. The number of anilines is 1.